The lowest BCUT2D eigenvalue weighted by Gasteiger charge is -2.18. The van der Waals surface area contributed by atoms with E-state index >= 15 is 0 Å². The predicted octanol–water partition coefficient (Wildman–Crippen LogP) is 3.74. The number of nitrogens with one attached hydrogen (secondary N) is 1. The quantitative estimate of drug-likeness (QED) is 0.622. The molecular weight excluding hydrogens is 290 g/mol. The van der Waals surface area contributed by atoms with Gasteiger partial charge < -0.3 is 10.1 Å². The molecule has 0 aliphatic carbocycles. The van der Waals surface area contributed by atoms with Crippen LogP contribution in [0.4, 0.5) is 11.4 Å². The zero-order chi connectivity index (χ0) is 15.4. The minimum atomic E-state index is -0.355. The minimum Gasteiger partial charge on any atom is -0.383 e. The highest BCUT2D eigenvalue weighted by Gasteiger charge is 2.19. The number of nitrogens with zero attached hydrogens (tertiary/aromatic N) is 2. The first-order valence-electron chi connectivity index (χ1n) is 6.86. The third kappa shape index (κ3) is 3.68. The molecule has 0 spiro atoms. The largest absolute Gasteiger partial charge is 0.383 e. The van der Waals surface area contributed by atoms with Crippen LogP contribution in [0.1, 0.15) is 24.8 Å². The normalized spacial score (nSPS) is 12.5. The van der Waals surface area contributed by atoms with Crippen LogP contribution >= 0.6 is 11.3 Å². The van der Waals surface area contributed by atoms with Gasteiger partial charge in [-0.05, 0) is 19.4 Å². The van der Waals surface area contributed by atoms with Crippen LogP contribution in [-0.4, -0.2) is 29.7 Å². The topological polar surface area (TPSA) is 77.3 Å². The Morgan fingerprint density at radius 3 is 2.90 bits per heavy atom. The lowest BCUT2D eigenvalue weighted by Crippen LogP contribution is -2.25. The number of fused-ring (bicyclic) bond motifs is 1. The molecule has 1 N–H and O–H groups in total. The van der Waals surface area contributed by atoms with Crippen LogP contribution in [-0.2, 0) is 4.74 Å². The van der Waals surface area contributed by atoms with Crippen molar-refractivity contribution in [1.82, 2.24) is 4.98 Å². The van der Waals surface area contributed by atoms with Crippen LogP contribution in [0.2, 0.25) is 0 Å². The van der Waals surface area contributed by atoms with E-state index in [9.17, 15) is 10.1 Å². The van der Waals surface area contributed by atoms with Gasteiger partial charge in [0.25, 0.3) is 5.69 Å². The summed E-state index contributed by atoms with van der Waals surface area (Å²) in [6, 6.07) is 3.41. The SMILES string of the molecule is CCCC(COC)Nc1cc2nc(C)sc2cc1[N+](=O)[O-]. The summed E-state index contributed by atoms with van der Waals surface area (Å²) in [6.07, 6.45) is 1.87. The van der Waals surface area contributed by atoms with Crippen molar-refractivity contribution in [2.24, 2.45) is 0 Å². The number of nitro groups is 1. The molecule has 0 saturated heterocycles. The fourth-order valence-electron chi connectivity index (χ4n) is 2.31. The number of thiazole rings is 1. The van der Waals surface area contributed by atoms with Gasteiger partial charge in [0.15, 0.2) is 0 Å². The number of ether oxygens (including phenoxy) is 1. The summed E-state index contributed by atoms with van der Waals surface area (Å²) in [5.41, 5.74) is 1.38. The van der Waals surface area contributed by atoms with Crippen LogP contribution in [0.15, 0.2) is 12.1 Å². The molecule has 114 valence electrons. The molecule has 1 aromatic heterocycles. The van der Waals surface area contributed by atoms with E-state index in [0.717, 1.165) is 28.1 Å². The Hall–Kier alpha value is -1.73. The Morgan fingerprint density at radius 1 is 1.52 bits per heavy atom. The molecule has 7 heteroatoms. The van der Waals surface area contributed by atoms with E-state index in [1.807, 2.05) is 6.92 Å². The van der Waals surface area contributed by atoms with Gasteiger partial charge in [-0.15, -0.1) is 11.3 Å². The number of benzene rings is 1. The summed E-state index contributed by atoms with van der Waals surface area (Å²) in [5, 5.41) is 15.4. The molecule has 0 bridgehead atoms. The van der Waals surface area contributed by atoms with Gasteiger partial charge in [0.05, 0.1) is 26.8 Å². The summed E-state index contributed by atoms with van der Waals surface area (Å²) in [5.74, 6) is 0. The highest BCUT2D eigenvalue weighted by molar-refractivity contribution is 7.18. The zero-order valence-corrected chi connectivity index (χ0v) is 13.2. The summed E-state index contributed by atoms with van der Waals surface area (Å²) >= 11 is 1.46. The molecule has 2 aromatic rings. The average Bonchev–Trinajstić information content (AvgIpc) is 2.77. The first-order valence-corrected chi connectivity index (χ1v) is 7.67. The Bertz CT molecular complexity index is 636. The maximum Gasteiger partial charge on any atom is 0.293 e. The minimum absolute atomic E-state index is 0.0517. The van der Waals surface area contributed by atoms with Crippen molar-refractivity contribution < 1.29 is 9.66 Å². The number of hydrogen-bond donors (Lipinski definition) is 1. The van der Waals surface area contributed by atoms with Gasteiger partial charge in [0, 0.05) is 19.2 Å². The van der Waals surface area contributed by atoms with Gasteiger partial charge in [-0.25, -0.2) is 4.98 Å². The van der Waals surface area contributed by atoms with Crippen LogP contribution in [0, 0.1) is 17.0 Å². The third-order valence-corrected chi connectivity index (χ3v) is 4.11. The van der Waals surface area contributed by atoms with Crippen LogP contribution in [0.25, 0.3) is 10.2 Å². The van der Waals surface area contributed by atoms with Gasteiger partial charge in [-0.2, -0.15) is 0 Å². The van der Waals surface area contributed by atoms with Crippen molar-refractivity contribution in [2.75, 3.05) is 19.0 Å². The summed E-state index contributed by atoms with van der Waals surface area (Å²) in [7, 11) is 1.63. The molecule has 0 fully saturated rings. The maximum absolute atomic E-state index is 11.3. The van der Waals surface area contributed by atoms with Crippen molar-refractivity contribution in [2.45, 2.75) is 32.7 Å². The van der Waals surface area contributed by atoms with Gasteiger partial charge in [-0.1, -0.05) is 13.3 Å². The number of methoxy groups -OCH3 is 1. The van der Waals surface area contributed by atoms with Gasteiger partial charge >= 0.3 is 0 Å². The molecule has 1 aromatic carbocycles. The highest BCUT2D eigenvalue weighted by atomic mass is 32.1. The molecule has 6 nitrogen and oxygen atoms in total. The Balaban J connectivity index is 2.39. The number of aryl methyl sites for hydroxylation is 1. The number of anilines is 1. The number of hydrogen-bond acceptors (Lipinski definition) is 6. The molecule has 0 amide bonds. The Labute approximate surface area is 127 Å². The second-order valence-corrected chi connectivity index (χ2v) is 6.15. The standard InChI is InChI=1S/C14H19N3O3S/c1-4-5-10(8-20-3)16-11-6-12-14(21-9(2)15-12)7-13(11)17(18)19/h6-7,10,16H,4-5,8H2,1-3H3. The fraction of sp³-hybridized carbons (Fsp3) is 0.500. The monoisotopic (exact) mass is 309 g/mol. The van der Waals surface area contributed by atoms with E-state index in [2.05, 4.69) is 17.2 Å². The summed E-state index contributed by atoms with van der Waals surface area (Å²) in [4.78, 5) is 15.3. The number of rotatable bonds is 7. The molecule has 0 aliphatic rings. The van der Waals surface area contributed by atoms with Gasteiger partial charge in [0.2, 0.25) is 0 Å². The van der Waals surface area contributed by atoms with Crippen LogP contribution < -0.4 is 5.32 Å². The molecule has 1 unspecified atom stereocenters. The van der Waals surface area contributed by atoms with Gasteiger partial charge in [-0.3, -0.25) is 10.1 Å². The van der Waals surface area contributed by atoms with Crippen molar-refractivity contribution in [1.29, 1.82) is 0 Å². The molecule has 1 heterocycles. The van der Waals surface area contributed by atoms with Crippen molar-refractivity contribution >= 4 is 32.9 Å². The average molecular weight is 309 g/mol. The Morgan fingerprint density at radius 2 is 2.29 bits per heavy atom. The van der Waals surface area contributed by atoms with E-state index in [0.29, 0.717) is 12.3 Å². The van der Waals surface area contributed by atoms with Crippen molar-refractivity contribution in [3.8, 4) is 0 Å². The van der Waals surface area contributed by atoms with Gasteiger partial charge in [0.1, 0.15) is 5.69 Å². The first-order chi connectivity index (χ1) is 10.0. The lowest BCUT2D eigenvalue weighted by molar-refractivity contribution is -0.383. The molecular formula is C14H19N3O3S. The fourth-order valence-corrected chi connectivity index (χ4v) is 3.15. The maximum atomic E-state index is 11.3. The lowest BCUT2D eigenvalue weighted by atomic mass is 10.1. The number of nitro benzene ring substituents is 1. The Kier molecular flexibility index (Phi) is 5.08. The summed E-state index contributed by atoms with van der Waals surface area (Å²) < 4.78 is 6.01. The van der Waals surface area contributed by atoms with E-state index in [4.69, 9.17) is 4.74 Å². The molecule has 0 aliphatic heterocycles. The second kappa shape index (κ2) is 6.82. The molecule has 2 rings (SSSR count). The van der Waals surface area contributed by atoms with E-state index in [1.54, 1.807) is 19.2 Å². The van der Waals surface area contributed by atoms with Crippen LogP contribution in [0.3, 0.4) is 0 Å². The predicted molar refractivity (Wildman–Crippen MR) is 85.2 cm³/mol. The van der Waals surface area contributed by atoms with E-state index in [1.165, 1.54) is 11.3 Å². The highest BCUT2D eigenvalue weighted by Crippen LogP contribution is 2.33. The first kappa shape index (κ1) is 15.7. The van der Waals surface area contributed by atoms with Crippen molar-refractivity contribution in [3.05, 3.63) is 27.3 Å². The molecule has 0 saturated carbocycles. The second-order valence-electron chi connectivity index (χ2n) is 4.91. The third-order valence-electron chi connectivity index (χ3n) is 3.17. The van der Waals surface area contributed by atoms with Crippen molar-refractivity contribution in [3.63, 3.8) is 0 Å². The van der Waals surface area contributed by atoms with E-state index < -0.39 is 0 Å². The van der Waals surface area contributed by atoms with E-state index in [-0.39, 0.29) is 16.7 Å². The summed E-state index contributed by atoms with van der Waals surface area (Å²) in [6.45, 7) is 4.49. The number of aromatic nitrogens is 1. The molecule has 0 radical (unpaired) electrons. The molecule has 1 atom stereocenters. The smallest absolute Gasteiger partial charge is 0.293 e. The van der Waals surface area contributed by atoms with Crippen LogP contribution in [0.5, 0.6) is 0 Å². The molecule has 21 heavy (non-hydrogen) atoms. The zero-order valence-electron chi connectivity index (χ0n) is 12.4.